The quantitative estimate of drug-likeness (QED) is 0.608. The maximum Gasteiger partial charge on any atom is 0.290 e. The van der Waals surface area contributed by atoms with E-state index in [4.69, 9.17) is 13.9 Å². The Bertz CT molecular complexity index is 995. The molecule has 0 atom stereocenters. The lowest BCUT2D eigenvalue weighted by atomic mass is 10.1. The zero-order valence-corrected chi connectivity index (χ0v) is 16.1. The van der Waals surface area contributed by atoms with E-state index < -0.39 is 0 Å². The van der Waals surface area contributed by atoms with E-state index in [9.17, 15) is 4.79 Å². The molecule has 1 aromatic heterocycles. The minimum atomic E-state index is -0.116. The third kappa shape index (κ3) is 2.94. The van der Waals surface area contributed by atoms with E-state index in [1.807, 2.05) is 50.2 Å². The Hall–Kier alpha value is -2.47. The summed E-state index contributed by atoms with van der Waals surface area (Å²) in [5, 5.41) is 0.946. The number of rotatable bonds is 4. The summed E-state index contributed by atoms with van der Waals surface area (Å²) in [5.74, 6) is 1.73. The molecule has 1 aliphatic heterocycles. The summed E-state index contributed by atoms with van der Waals surface area (Å²) in [4.78, 5) is 14.8. The van der Waals surface area contributed by atoms with E-state index >= 15 is 0 Å². The zero-order valence-electron chi connectivity index (χ0n) is 14.5. The highest BCUT2D eigenvalue weighted by Gasteiger charge is 2.23. The lowest BCUT2D eigenvalue weighted by Crippen LogP contribution is -2.30. The molecular formula is C20H18BrNO4. The average Bonchev–Trinajstić information content (AvgIpc) is 3.23. The number of amides is 1. The van der Waals surface area contributed by atoms with Crippen LogP contribution in [0.15, 0.2) is 45.3 Å². The summed E-state index contributed by atoms with van der Waals surface area (Å²) in [5.41, 5.74) is 2.56. The molecule has 0 fully saturated rings. The van der Waals surface area contributed by atoms with Crippen LogP contribution in [0.4, 0.5) is 0 Å². The summed E-state index contributed by atoms with van der Waals surface area (Å²) in [7, 11) is 0. The van der Waals surface area contributed by atoms with Crippen LogP contribution in [-0.4, -0.2) is 24.1 Å². The number of aryl methyl sites for hydroxylation is 1. The monoisotopic (exact) mass is 415 g/mol. The number of carbonyl (C=O) groups is 1. The first-order chi connectivity index (χ1) is 12.6. The smallest absolute Gasteiger partial charge is 0.290 e. The highest BCUT2D eigenvalue weighted by molar-refractivity contribution is 9.10. The standard InChI is InChI=1S/C20H18BrNO4/c1-3-22(10-13-4-6-17-18(8-13)25-11-24-17)20(23)19-12(2)15-9-14(21)5-7-16(15)26-19/h4-9H,3,10-11H2,1-2H3. The Balaban J connectivity index is 1.62. The SMILES string of the molecule is CCN(Cc1ccc2c(c1)OCO2)C(=O)c1oc2ccc(Br)cc2c1C. The van der Waals surface area contributed by atoms with Crippen molar-refractivity contribution < 1.29 is 18.7 Å². The molecular weight excluding hydrogens is 398 g/mol. The highest BCUT2D eigenvalue weighted by Crippen LogP contribution is 2.33. The van der Waals surface area contributed by atoms with Gasteiger partial charge < -0.3 is 18.8 Å². The van der Waals surface area contributed by atoms with Crippen LogP contribution in [0.25, 0.3) is 11.0 Å². The van der Waals surface area contributed by atoms with Crippen LogP contribution >= 0.6 is 15.9 Å². The van der Waals surface area contributed by atoms with Gasteiger partial charge in [0.1, 0.15) is 5.58 Å². The van der Waals surface area contributed by atoms with Gasteiger partial charge in [-0.2, -0.15) is 0 Å². The molecule has 0 aliphatic carbocycles. The maximum atomic E-state index is 13.1. The second-order valence-corrected chi connectivity index (χ2v) is 7.12. The number of hydrogen-bond acceptors (Lipinski definition) is 4. The molecule has 26 heavy (non-hydrogen) atoms. The number of carbonyl (C=O) groups excluding carboxylic acids is 1. The highest BCUT2D eigenvalue weighted by atomic mass is 79.9. The third-order valence-electron chi connectivity index (χ3n) is 4.57. The molecule has 0 spiro atoms. The Morgan fingerprint density at radius 2 is 1.96 bits per heavy atom. The molecule has 3 aromatic rings. The third-order valence-corrected chi connectivity index (χ3v) is 5.07. The van der Waals surface area contributed by atoms with Crippen molar-refractivity contribution in [1.29, 1.82) is 0 Å². The van der Waals surface area contributed by atoms with Gasteiger partial charge in [-0.3, -0.25) is 4.79 Å². The van der Waals surface area contributed by atoms with Crippen LogP contribution in [-0.2, 0) is 6.54 Å². The molecule has 1 amide bonds. The number of benzene rings is 2. The van der Waals surface area contributed by atoms with Crippen molar-refractivity contribution in [1.82, 2.24) is 4.90 Å². The minimum absolute atomic E-state index is 0.116. The minimum Gasteiger partial charge on any atom is -0.454 e. The second-order valence-electron chi connectivity index (χ2n) is 6.20. The fourth-order valence-electron chi connectivity index (χ4n) is 3.13. The Morgan fingerprint density at radius 1 is 1.15 bits per heavy atom. The van der Waals surface area contributed by atoms with Crippen molar-refractivity contribution in [2.24, 2.45) is 0 Å². The van der Waals surface area contributed by atoms with Gasteiger partial charge in [0.15, 0.2) is 17.3 Å². The number of nitrogens with zero attached hydrogens (tertiary/aromatic N) is 1. The van der Waals surface area contributed by atoms with E-state index in [0.717, 1.165) is 32.5 Å². The zero-order chi connectivity index (χ0) is 18.3. The first kappa shape index (κ1) is 17.0. The van der Waals surface area contributed by atoms with Gasteiger partial charge in [-0.05, 0) is 49.7 Å². The first-order valence-corrected chi connectivity index (χ1v) is 9.22. The molecule has 0 saturated heterocycles. The molecule has 0 bridgehead atoms. The average molecular weight is 416 g/mol. The van der Waals surface area contributed by atoms with Gasteiger partial charge in [-0.25, -0.2) is 0 Å². The normalized spacial score (nSPS) is 12.6. The van der Waals surface area contributed by atoms with Gasteiger partial charge in [0, 0.05) is 28.5 Å². The van der Waals surface area contributed by atoms with Gasteiger partial charge >= 0.3 is 0 Å². The summed E-state index contributed by atoms with van der Waals surface area (Å²) in [6, 6.07) is 11.5. The molecule has 4 rings (SSSR count). The molecule has 5 nitrogen and oxygen atoms in total. The van der Waals surface area contributed by atoms with Crippen LogP contribution in [0.2, 0.25) is 0 Å². The maximum absolute atomic E-state index is 13.1. The van der Waals surface area contributed by atoms with Crippen molar-refractivity contribution in [3.05, 3.63) is 57.8 Å². The number of halogens is 1. The predicted octanol–water partition coefficient (Wildman–Crippen LogP) is 4.89. The van der Waals surface area contributed by atoms with Crippen molar-refractivity contribution in [3.63, 3.8) is 0 Å². The topological polar surface area (TPSA) is 51.9 Å². The lowest BCUT2D eigenvalue weighted by Gasteiger charge is -2.20. The van der Waals surface area contributed by atoms with Gasteiger partial charge in [-0.15, -0.1) is 0 Å². The number of furan rings is 1. The van der Waals surface area contributed by atoms with E-state index in [1.54, 1.807) is 4.90 Å². The molecule has 0 N–H and O–H groups in total. The molecule has 1 aliphatic rings. The molecule has 0 radical (unpaired) electrons. The van der Waals surface area contributed by atoms with Crippen molar-refractivity contribution in [2.75, 3.05) is 13.3 Å². The number of fused-ring (bicyclic) bond motifs is 2. The second kappa shape index (κ2) is 6.68. The summed E-state index contributed by atoms with van der Waals surface area (Å²) in [6.07, 6.45) is 0. The summed E-state index contributed by atoms with van der Waals surface area (Å²) in [6.45, 7) is 5.17. The fraction of sp³-hybridized carbons (Fsp3) is 0.250. The lowest BCUT2D eigenvalue weighted by molar-refractivity contribution is 0.0721. The number of hydrogen-bond donors (Lipinski definition) is 0. The van der Waals surface area contributed by atoms with Crippen LogP contribution in [0.5, 0.6) is 11.5 Å². The summed E-state index contributed by atoms with van der Waals surface area (Å²) < 4.78 is 17.6. The molecule has 134 valence electrons. The van der Waals surface area contributed by atoms with E-state index in [2.05, 4.69) is 15.9 Å². The molecule has 0 saturated carbocycles. The van der Waals surface area contributed by atoms with Gasteiger partial charge in [0.05, 0.1) is 0 Å². The molecule has 2 heterocycles. The van der Waals surface area contributed by atoms with Crippen molar-refractivity contribution in [2.45, 2.75) is 20.4 Å². The van der Waals surface area contributed by atoms with Crippen molar-refractivity contribution in [3.8, 4) is 11.5 Å². The molecule has 6 heteroatoms. The van der Waals surface area contributed by atoms with Crippen LogP contribution < -0.4 is 9.47 Å². The number of ether oxygens (including phenoxy) is 2. The first-order valence-electron chi connectivity index (χ1n) is 8.43. The van der Waals surface area contributed by atoms with E-state index in [1.165, 1.54) is 0 Å². The molecule has 2 aromatic carbocycles. The van der Waals surface area contributed by atoms with E-state index in [0.29, 0.717) is 24.4 Å². The Labute approximate surface area is 159 Å². The van der Waals surface area contributed by atoms with Crippen LogP contribution in [0.3, 0.4) is 0 Å². The predicted molar refractivity (Wildman–Crippen MR) is 102 cm³/mol. The van der Waals surface area contributed by atoms with Gasteiger partial charge in [0.2, 0.25) is 6.79 Å². The van der Waals surface area contributed by atoms with Gasteiger partial charge in [-0.1, -0.05) is 22.0 Å². The molecule has 0 unspecified atom stereocenters. The van der Waals surface area contributed by atoms with Crippen LogP contribution in [0.1, 0.15) is 28.6 Å². The fourth-order valence-corrected chi connectivity index (χ4v) is 3.49. The largest absolute Gasteiger partial charge is 0.454 e. The van der Waals surface area contributed by atoms with E-state index in [-0.39, 0.29) is 12.7 Å². The summed E-state index contributed by atoms with van der Waals surface area (Å²) >= 11 is 3.47. The van der Waals surface area contributed by atoms with Crippen LogP contribution in [0, 0.1) is 6.92 Å². The van der Waals surface area contributed by atoms with Gasteiger partial charge in [0.25, 0.3) is 5.91 Å². The Morgan fingerprint density at radius 3 is 2.77 bits per heavy atom. The Kier molecular flexibility index (Phi) is 4.36. The van der Waals surface area contributed by atoms with Crippen molar-refractivity contribution >= 4 is 32.8 Å².